The van der Waals surface area contributed by atoms with Crippen molar-refractivity contribution in [3.63, 3.8) is 0 Å². The Hall–Kier alpha value is -2.41. The number of rotatable bonds is 6. The van der Waals surface area contributed by atoms with E-state index < -0.39 is 11.9 Å². The quantitative estimate of drug-likeness (QED) is 0.837. The molecule has 1 aliphatic heterocycles. The third-order valence-electron chi connectivity index (χ3n) is 4.36. The van der Waals surface area contributed by atoms with Crippen LogP contribution in [0, 0.1) is 5.92 Å². The summed E-state index contributed by atoms with van der Waals surface area (Å²) in [5.74, 6) is -0.703. The summed E-state index contributed by atoms with van der Waals surface area (Å²) in [6, 6.07) is 7.66. The zero-order chi connectivity index (χ0) is 18.5. The molecule has 1 saturated heterocycles. The first kappa shape index (κ1) is 18.4. The molecule has 3 rings (SSSR count). The van der Waals surface area contributed by atoms with Crippen molar-refractivity contribution in [1.82, 2.24) is 9.88 Å². The molecule has 7 heteroatoms. The Bertz CT molecular complexity index is 772. The van der Waals surface area contributed by atoms with Crippen LogP contribution in [0.3, 0.4) is 0 Å². The molecule has 1 fully saturated rings. The van der Waals surface area contributed by atoms with Crippen molar-refractivity contribution in [3.8, 4) is 16.3 Å². The molecule has 0 saturated carbocycles. The number of ether oxygens (including phenoxy) is 1. The van der Waals surface area contributed by atoms with Gasteiger partial charge in [0.15, 0.2) is 0 Å². The van der Waals surface area contributed by atoms with Crippen molar-refractivity contribution >= 4 is 23.2 Å². The van der Waals surface area contributed by atoms with Gasteiger partial charge in [-0.15, -0.1) is 11.3 Å². The maximum Gasteiger partial charge on any atom is 0.308 e. The van der Waals surface area contributed by atoms with E-state index in [0.29, 0.717) is 31.7 Å². The largest absolute Gasteiger partial charge is 0.494 e. The molecule has 0 unspecified atom stereocenters. The minimum absolute atomic E-state index is 0.193. The van der Waals surface area contributed by atoms with Gasteiger partial charge < -0.3 is 14.7 Å². The van der Waals surface area contributed by atoms with Gasteiger partial charge in [0.1, 0.15) is 16.5 Å². The number of carbonyl (C=O) groups excluding carboxylic acids is 1. The van der Waals surface area contributed by atoms with Crippen LogP contribution in [0.15, 0.2) is 29.6 Å². The van der Waals surface area contributed by atoms with Gasteiger partial charge in [0.25, 0.3) is 5.91 Å². The summed E-state index contributed by atoms with van der Waals surface area (Å²) in [5, 5.41) is 11.7. The van der Waals surface area contributed by atoms with Gasteiger partial charge in [-0.2, -0.15) is 0 Å². The average molecular weight is 374 g/mol. The Morgan fingerprint density at radius 2 is 2.12 bits per heavy atom. The number of benzene rings is 1. The fourth-order valence-corrected chi connectivity index (χ4v) is 3.74. The molecule has 0 bridgehead atoms. The van der Waals surface area contributed by atoms with Crippen LogP contribution in [0.5, 0.6) is 5.75 Å². The molecule has 2 aromatic rings. The molecule has 1 N–H and O–H groups in total. The van der Waals surface area contributed by atoms with Crippen molar-refractivity contribution < 1.29 is 19.4 Å². The zero-order valence-corrected chi connectivity index (χ0v) is 15.5. The number of carboxylic acids is 1. The molecule has 0 spiro atoms. The number of amides is 1. The second-order valence-corrected chi connectivity index (χ2v) is 7.20. The van der Waals surface area contributed by atoms with E-state index in [1.54, 1.807) is 10.3 Å². The van der Waals surface area contributed by atoms with Gasteiger partial charge in [0, 0.05) is 24.0 Å². The first-order valence-electron chi connectivity index (χ1n) is 8.79. The summed E-state index contributed by atoms with van der Waals surface area (Å²) in [7, 11) is 0. The number of hydrogen-bond donors (Lipinski definition) is 1. The SMILES string of the molecule is CCCOc1ccc(-c2nc(C(=O)N3CCC[C@H](C(=O)O)C3)cs2)cc1. The minimum atomic E-state index is -0.841. The van der Waals surface area contributed by atoms with Gasteiger partial charge in [-0.25, -0.2) is 4.98 Å². The van der Waals surface area contributed by atoms with E-state index in [4.69, 9.17) is 4.74 Å². The average Bonchev–Trinajstić information content (AvgIpc) is 3.16. The number of likely N-dealkylation sites (tertiary alicyclic amines) is 1. The van der Waals surface area contributed by atoms with Gasteiger partial charge in [-0.05, 0) is 43.5 Å². The molecule has 0 radical (unpaired) electrons. The number of thiazole rings is 1. The minimum Gasteiger partial charge on any atom is -0.494 e. The van der Waals surface area contributed by atoms with Crippen LogP contribution in [0.4, 0.5) is 0 Å². The van der Waals surface area contributed by atoms with Gasteiger partial charge in [-0.1, -0.05) is 6.92 Å². The standard InChI is InChI=1S/C19H22N2O4S/c1-2-10-25-15-7-5-13(6-8-15)17-20-16(12-26-17)18(22)21-9-3-4-14(11-21)19(23)24/h5-8,12,14H,2-4,9-11H2,1H3,(H,23,24)/t14-/m0/s1. The summed E-state index contributed by atoms with van der Waals surface area (Å²) in [5.41, 5.74) is 1.31. The number of carbonyl (C=O) groups is 2. The van der Waals surface area contributed by atoms with E-state index in [9.17, 15) is 14.7 Å². The van der Waals surface area contributed by atoms with Gasteiger partial charge in [-0.3, -0.25) is 9.59 Å². The van der Waals surface area contributed by atoms with E-state index >= 15 is 0 Å². The number of hydrogen-bond acceptors (Lipinski definition) is 5. The Morgan fingerprint density at radius 3 is 2.81 bits per heavy atom. The molecule has 1 amide bonds. The lowest BCUT2D eigenvalue weighted by atomic mass is 9.98. The molecule has 1 atom stereocenters. The van der Waals surface area contributed by atoms with Crippen LogP contribution >= 0.6 is 11.3 Å². The summed E-state index contributed by atoms with van der Waals surface area (Å²) in [6.45, 7) is 3.58. The fourth-order valence-electron chi connectivity index (χ4n) is 2.94. The molecule has 1 aromatic carbocycles. The van der Waals surface area contributed by atoms with Crippen LogP contribution in [0.1, 0.15) is 36.7 Å². The Balaban J connectivity index is 1.69. The maximum atomic E-state index is 12.6. The molecule has 1 aromatic heterocycles. The van der Waals surface area contributed by atoms with E-state index in [1.165, 1.54) is 11.3 Å². The van der Waals surface area contributed by atoms with Gasteiger partial charge >= 0.3 is 5.97 Å². The smallest absolute Gasteiger partial charge is 0.308 e. The van der Waals surface area contributed by atoms with E-state index in [2.05, 4.69) is 11.9 Å². The fraction of sp³-hybridized carbons (Fsp3) is 0.421. The van der Waals surface area contributed by atoms with E-state index in [-0.39, 0.29) is 12.5 Å². The van der Waals surface area contributed by atoms with E-state index in [1.807, 2.05) is 24.3 Å². The summed E-state index contributed by atoms with van der Waals surface area (Å²) in [6.07, 6.45) is 2.28. The van der Waals surface area contributed by atoms with Crippen molar-refractivity contribution in [2.24, 2.45) is 5.92 Å². The van der Waals surface area contributed by atoms with Crippen molar-refractivity contribution in [2.45, 2.75) is 26.2 Å². The highest BCUT2D eigenvalue weighted by molar-refractivity contribution is 7.13. The van der Waals surface area contributed by atoms with Crippen LogP contribution in [0.2, 0.25) is 0 Å². The normalized spacial score (nSPS) is 17.1. The monoisotopic (exact) mass is 374 g/mol. The number of aliphatic carboxylic acids is 1. The predicted molar refractivity (Wildman–Crippen MR) is 99.6 cm³/mol. The lowest BCUT2D eigenvalue weighted by molar-refractivity contribution is -0.143. The van der Waals surface area contributed by atoms with Crippen molar-refractivity contribution in [1.29, 1.82) is 0 Å². The Morgan fingerprint density at radius 1 is 1.35 bits per heavy atom. The highest BCUT2D eigenvalue weighted by Crippen LogP contribution is 2.27. The lowest BCUT2D eigenvalue weighted by Crippen LogP contribution is -2.42. The summed E-state index contributed by atoms with van der Waals surface area (Å²) in [4.78, 5) is 29.9. The molecule has 2 heterocycles. The zero-order valence-electron chi connectivity index (χ0n) is 14.7. The van der Waals surface area contributed by atoms with Crippen LogP contribution in [0.25, 0.3) is 10.6 Å². The highest BCUT2D eigenvalue weighted by Gasteiger charge is 2.29. The molecule has 6 nitrogen and oxygen atoms in total. The highest BCUT2D eigenvalue weighted by atomic mass is 32.1. The first-order chi connectivity index (χ1) is 12.6. The number of carboxylic acid groups (broad SMARTS) is 1. The second kappa shape index (κ2) is 8.31. The third kappa shape index (κ3) is 4.22. The molecular formula is C19H22N2O4S. The molecular weight excluding hydrogens is 352 g/mol. The van der Waals surface area contributed by atoms with Gasteiger partial charge in [0.05, 0.1) is 12.5 Å². The van der Waals surface area contributed by atoms with E-state index in [0.717, 1.165) is 22.7 Å². The molecule has 0 aliphatic carbocycles. The number of aromatic nitrogens is 1. The van der Waals surface area contributed by atoms with Crippen molar-refractivity contribution in [3.05, 3.63) is 35.3 Å². The van der Waals surface area contributed by atoms with Crippen molar-refractivity contribution in [2.75, 3.05) is 19.7 Å². The first-order valence-corrected chi connectivity index (χ1v) is 9.67. The Kier molecular flexibility index (Phi) is 5.88. The Labute approximate surface area is 156 Å². The van der Waals surface area contributed by atoms with Gasteiger partial charge in [0.2, 0.25) is 0 Å². The lowest BCUT2D eigenvalue weighted by Gasteiger charge is -2.30. The number of piperidine rings is 1. The third-order valence-corrected chi connectivity index (χ3v) is 5.25. The molecule has 1 aliphatic rings. The predicted octanol–water partition coefficient (Wildman–Crippen LogP) is 3.54. The summed E-state index contributed by atoms with van der Waals surface area (Å²) >= 11 is 1.41. The second-order valence-electron chi connectivity index (χ2n) is 6.34. The summed E-state index contributed by atoms with van der Waals surface area (Å²) < 4.78 is 5.57. The van der Waals surface area contributed by atoms with Crippen LogP contribution in [-0.2, 0) is 4.79 Å². The maximum absolute atomic E-state index is 12.6. The molecule has 26 heavy (non-hydrogen) atoms. The molecule has 138 valence electrons. The van der Waals surface area contributed by atoms with Crippen LogP contribution < -0.4 is 4.74 Å². The number of nitrogens with zero attached hydrogens (tertiary/aromatic N) is 2. The van der Waals surface area contributed by atoms with Crippen LogP contribution in [-0.4, -0.2) is 46.6 Å². The topological polar surface area (TPSA) is 79.7 Å².